The van der Waals surface area contributed by atoms with E-state index in [0.717, 1.165) is 24.8 Å². The fourth-order valence-electron chi connectivity index (χ4n) is 1.44. The van der Waals surface area contributed by atoms with E-state index in [-0.39, 0.29) is 11.5 Å². The molecular formula is C14H18O3S. The standard InChI is InChI=1S/C14H18O3S/c1-3-5-6-12-17-18(15,16)14-10-8-13(7-4-2)9-11-14/h7-11H,2-3,5-6,12H2,1H3. The van der Waals surface area contributed by atoms with Crippen molar-refractivity contribution in [1.82, 2.24) is 0 Å². The van der Waals surface area contributed by atoms with Crippen LogP contribution < -0.4 is 0 Å². The molecule has 0 saturated carbocycles. The highest BCUT2D eigenvalue weighted by Gasteiger charge is 2.14. The van der Waals surface area contributed by atoms with E-state index in [0.29, 0.717) is 0 Å². The van der Waals surface area contributed by atoms with Crippen molar-refractivity contribution in [3.05, 3.63) is 42.1 Å². The number of rotatable bonds is 7. The molecule has 0 aliphatic heterocycles. The molecule has 98 valence electrons. The minimum Gasteiger partial charge on any atom is -0.266 e. The predicted molar refractivity (Wildman–Crippen MR) is 72.7 cm³/mol. The summed E-state index contributed by atoms with van der Waals surface area (Å²) in [6.45, 7) is 5.76. The molecule has 0 unspecified atom stereocenters. The van der Waals surface area contributed by atoms with Gasteiger partial charge in [-0.15, -0.1) is 5.73 Å². The summed E-state index contributed by atoms with van der Waals surface area (Å²) in [5.41, 5.74) is 3.49. The highest BCUT2D eigenvalue weighted by molar-refractivity contribution is 7.86. The Morgan fingerprint density at radius 2 is 1.94 bits per heavy atom. The Morgan fingerprint density at radius 3 is 2.50 bits per heavy atom. The molecule has 0 spiro atoms. The Hall–Kier alpha value is -1.35. The SMILES string of the molecule is C=C=Cc1ccc(S(=O)(=O)OCCCCC)cc1. The summed E-state index contributed by atoms with van der Waals surface area (Å²) in [5.74, 6) is 0. The van der Waals surface area contributed by atoms with E-state index in [9.17, 15) is 8.42 Å². The molecule has 0 atom stereocenters. The summed E-state index contributed by atoms with van der Waals surface area (Å²) >= 11 is 0. The molecule has 0 saturated heterocycles. The van der Waals surface area contributed by atoms with Crippen molar-refractivity contribution in [3.63, 3.8) is 0 Å². The molecule has 0 aliphatic rings. The molecule has 0 fully saturated rings. The molecule has 0 N–H and O–H groups in total. The van der Waals surface area contributed by atoms with Gasteiger partial charge in [0.1, 0.15) is 0 Å². The van der Waals surface area contributed by atoms with E-state index in [1.54, 1.807) is 18.2 Å². The maximum absolute atomic E-state index is 11.8. The molecule has 1 rings (SSSR count). The first-order valence-electron chi connectivity index (χ1n) is 5.95. The topological polar surface area (TPSA) is 43.4 Å². The van der Waals surface area contributed by atoms with Gasteiger partial charge in [-0.1, -0.05) is 38.5 Å². The van der Waals surface area contributed by atoms with Crippen molar-refractivity contribution in [1.29, 1.82) is 0 Å². The van der Waals surface area contributed by atoms with Gasteiger partial charge in [-0.05, 0) is 30.2 Å². The van der Waals surface area contributed by atoms with Crippen LogP contribution in [0.15, 0.2) is 41.5 Å². The minimum absolute atomic E-state index is 0.181. The maximum atomic E-state index is 11.8. The lowest BCUT2D eigenvalue weighted by Crippen LogP contribution is -2.07. The third-order valence-electron chi connectivity index (χ3n) is 2.42. The zero-order valence-electron chi connectivity index (χ0n) is 10.6. The van der Waals surface area contributed by atoms with Crippen molar-refractivity contribution >= 4 is 16.2 Å². The number of hydrogen-bond acceptors (Lipinski definition) is 3. The molecule has 1 aromatic carbocycles. The van der Waals surface area contributed by atoms with Gasteiger partial charge in [0.25, 0.3) is 10.1 Å². The van der Waals surface area contributed by atoms with Crippen LogP contribution in [0.2, 0.25) is 0 Å². The number of hydrogen-bond donors (Lipinski definition) is 0. The third-order valence-corrected chi connectivity index (χ3v) is 3.75. The fourth-order valence-corrected chi connectivity index (χ4v) is 2.38. The Balaban J connectivity index is 2.69. The molecular weight excluding hydrogens is 248 g/mol. The summed E-state index contributed by atoms with van der Waals surface area (Å²) in [6.07, 6.45) is 4.44. The molecule has 18 heavy (non-hydrogen) atoms. The monoisotopic (exact) mass is 266 g/mol. The fraction of sp³-hybridized carbons (Fsp3) is 0.357. The Bertz CT molecular complexity index is 508. The van der Waals surface area contributed by atoms with Gasteiger partial charge in [-0.3, -0.25) is 4.18 Å². The van der Waals surface area contributed by atoms with Crippen molar-refractivity contribution in [2.75, 3.05) is 6.61 Å². The summed E-state index contributed by atoms with van der Waals surface area (Å²) < 4.78 is 28.6. The summed E-state index contributed by atoms with van der Waals surface area (Å²) in [4.78, 5) is 0.181. The van der Waals surface area contributed by atoms with Crippen LogP contribution in [0.25, 0.3) is 6.08 Å². The van der Waals surface area contributed by atoms with Gasteiger partial charge in [0, 0.05) is 0 Å². The van der Waals surface area contributed by atoms with E-state index >= 15 is 0 Å². The van der Waals surface area contributed by atoms with Gasteiger partial charge in [-0.25, -0.2) is 0 Å². The lowest BCUT2D eigenvalue weighted by atomic mass is 10.2. The molecule has 0 bridgehead atoms. The number of benzene rings is 1. The van der Waals surface area contributed by atoms with Crippen molar-refractivity contribution in [2.24, 2.45) is 0 Å². The van der Waals surface area contributed by atoms with Gasteiger partial charge >= 0.3 is 0 Å². The van der Waals surface area contributed by atoms with Crippen molar-refractivity contribution in [3.8, 4) is 0 Å². The zero-order chi connectivity index (χ0) is 13.4. The van der Waals surface area contributed by atoms with Crippen LogP contribution in [0.3, 0.4) is 0 Å². The molecule has 3 nitrogen and oxygen atoms in total. The highest BCUT2D eigenvalue weighted by Crippen LogP contribution is 2.14. The van der Waals surface area contributed by atoms with Gasteiger partial charge < -0.3 is 0 Å². The van der Waals surface area contributed by atoms with Gasteiger partial charge in [-0.2, -0.15) is 8.42 Å². The van der Waals surface area contributed by atoms with E-state index in [1.165, 1.54) is 12.1 Å². The van der Waals surface area contributed by atoms with Crippen LogP contribution in [0, 0.1) is 0 Å². The first kappa shape index (κ1) is 14.7. The number of unbranched alkanes of at least 4 members (excludes halogenated alkanes) is 2. The second-order valence-electron chi connectivity index (χ2n) is 3.90. The van der Waals surface area contributed by atoms with Crippen LogP contribution in [-0.2, 0) is 14.3 Å². The van der Waals surface area contributed by atoms with E-state index < -0.39 is 10.1 Å². The van der Waals surface area contributed by atoms with E-state index in [2.05, 4.69) is 19.2 Å². The van der Waals surface area contributed by atoms with Crippen molar-refractivity contribution < 1.29 is 12.6 Å². The molecule has 1 aromatic rings. The second kappa shape index (κ2) is 7.17. The zero-order valence-corrected chi connectivity index (χ0v) is 11.4. The molecule has 0 radical (unpaired) electrons. The smallest absolute Gasteiger partial charge is 0.266 e. The van der Waals surface area contributed by atoms with Crippen LogP contribution in [0.1, 0.15) is 31.7 Å². The average molecular weight is 266 g/mol. The Labute approximate surface area is 109 Å². The average Bonchev–Trinajstić information content (AvgIpc) is 2.36. The van der Waals surface area contributed by atoms with Crippen LogP contribution in [0.5, 0.6) is 0 Å². The molecule has 0 aliphatic carbocycles. The Kier molecular flexibility index (Phi) is 5.86. The normalized spacial score (nSPS) is 10.9. The molecule has 4 heteroatoms. The van der Waals surface area contributed by atoms with Crippen LogP contribution in [-0.4, -0.2) is 15.0 Å². The predicted octanol–water partition coefficient (Wildman–Crippen LogP) is 3.38. The summed E-state index contributed by atoms with van der Waals surface area (Å²) in [5, 5.41) is 0. The van der Waals surface area contributed by atoms with Gasteiger partial charge in [0.15, 0.2) is 0 Å². The first-order valence-corrected chi connectivity index (χ1v) is 7.36. The molecule has 0 amide bonds. The molecule has 0 heterocycles. The minimum atomic E-state index is -3.62. The van der Waals surface area contributed by atoms with Crippen LogP contribution in [0.4, 0.5) is 0 Å². The third kappa shape index (κ3) is 4.49. The highest BCUT2D eigenvalue weighted by atomic mass is 32.2. The van der Waals surface area contributed by atoms with Gasteiger partial charge in [0.2, 0.25) is 0 Å². The lowest BCUT2D eigenvalue weighted by Gasteiger charge is -2.05. The van der Waals surface area contributed by atoms with Gasteiger partial charge in [0.05, 0.1) is 11.5 Å². The maximum Gasteiger partial charge on any atom is 0.296 e. The second-order valence-corrected chi connectivity index (χ2v) is 5.52. The summed E-state index contributed by atoms with van der Waals surface area (Å²) in [7, 11) is -3.62. The quantitative estimate of drug-likeness (QED) is 0.431. The molecule has 0 aromatic heterocycles. The lowest BCUT2D eigenvalue weighted by molar-refractivity contribution is 0.308. The van der Waals surface area contributed by atoms with E-state index in [4.69, 9.17) is 4.18 Å². The van der Waals surface area contributed by atoms with E-state index in [1.807, 2.05) is 0 Å². The van der Waals surface area contributed by atoms with Crippen molar-refractivity contribution in [2.45, 2.75) is 31.1 Å². The largest absolute Gasteiger partial charge is 0.296 e. The first-order chi connectivity index (χ1) is 8.60. The summed E-state index contributed by atoms with van der Waals surface area (Å²) in [6, 6.07) is 6.44. The van der Waals surface area contributed by atoms with Crippen LogP contribution >= 0.6 is 0 Å². The Morgan fingerprint density at radius 1 is 1.28 bits per heavy atom.